The number of para-hydroxylation sites is 1. The summed E-state index contributed by atoms with van der Waals surface area (Å²) >= 11 is 0. The van der Waals surface area contributed by atoms with Gasteiger partial charge in [-0.25, -0.2) is 9.97 Å². The number of aromatic hydroxyl groups is 1. The van der Waals surface area contributed by atoms with Gasteiger partial charge in [-0.3, -0.25) is 0 Å². The molecule has 16 heavy (non-hydrogen) atoms. The summed E-state index contributed by atoms with van der Waals surface area (Å²) < 4.78 is 0. The molecule has 0 unspecified atom stereocenters. The van der Waals surface area contributed by atoms with Crippen LogP contribution in [0.3, 0.4) is 0 Å². The summed E-state index contributed by atoms with van der Waals surface area (Å²) in [6.07, 6.45) is 1.47. The maximum Gasteiger partial charge on any atom is 0.163 e. The lowest BCUT2D eigenvalue weighted by Crippen LogP contribution is -1.87. The molecule has 0 aliphatic rings. The molecule has 1 aromatic heterocycles. The molecule has 0 aliphatic carbocycles. The molecule has 0 saturated heterocycles. The Morgan fingerprint density at radius 2 is 2.06 bits per heavy atom. The van der Waals surface area contributed by atoms with Crippen molar-refractivity contribution in [3.05, 3.63) is 47.0 Å². The van der Waals surface area contributed by atoms with E-state index < -0.39 is 0 Å². The molecule has 6 nitrogen and oxygen atoms in total. The molecule has 0 atom stereocenters. The van der Waals surface area contributed by atoms with E-state index >= 15 is 0 Å². The second kappa shape index (κ2) is 4.29. The van der Waals surface area contributed by atoms with E-state index in [1.54, 1.807) is 24.3 Å². The number of rotatable bonds is 2. The van der Waals surface area contributed by atoms with Crippen LogP contribution in [0.15, 0.2) is 41.6 Å². The molecule has 1 heterocycles. The van der Waals surface area contributed by atoms with E-state index in [-0.39, 0.29) is 11.6 Å². The van der Waals surface area contributed by atoms with Crippen LogP contribution in [0.4, 0.5) is 5.82 Å². The lowest BCUT2D eigenvalue weighted by Gasteiger charge is -2.02. The van der Waals surface area contributed by atoms with Crippen molar-refractivity contribution in [3.63, 3.8) is 0 Å². The highest BCUT2D eigenvalue weighted by Crippen LogP contribution is 2.26. The van der Waals surface area contributed by atoms with Gasteiger partial charge in [-0.05, 0) is 28.8 Å². The molecule has 0 aliphatic heterocycles. The van der Waals surface area contributed by atoms with Crippen molar-refractivity contribution in [1.29, 1.82) is 0 Å². The summed E-state index contributed by atoms with van der Waals surface area (Å²) in [5.41, 5.74) is 8.78. The Morgan fingerprint density at radius 1 is 1.25 bits per heavy atom. The van der Waals surface area contributed by atoms with E-state index in [9.17, 15) is 5.11 Å². The monoisotopic (exact) mass is 213 g/mol. The Labute approximate surface area is 90.9 Å². The Kier molecular flexibility index (Phi) is 2.67. The Morgan fingerprint density at radius 3 is 2.81 bits per heavy atom. The minimum Gasteiger partial charge on any atom is -0.507 e. The van der Waals surface area contributed by atoms with Gasteiger partial charge in [0.25, 0.3) is 0 Å². The fourth-order valence-electron chi connectivity index (χ4n) is 1.24. The molecule has 2 rings (SSSR count). The first-order valence-corrected chi connectivity index (χ1v) is 4.48. The van der Waals surface area contributed by atoms with E-state index in [4.69, 9.17) is 5.53 Å². The molecular formula is C10H7N5O. The number of nitrogens with zero attached hydrogens (tertiary/aromatic N) is 5. The van der Waals surface area contributed by atoms with Gasteiger partial charge >= 0.3 is 0 Å². The Balaban J connectivity index is 2.52. The molecule has 1 N–H and O–H groups in total. The summed E-state index contributed by atoms with van der Waals surface area (Å²) in [6, 6.07) is 8.18. The number of benzene rings is 1. The zero-order valence-electron chi connectivity index (χ0n) is 8.15. The van der Waals surface area contributed by atoms with Crippen molar-refractivity contribution in [1.82, 2.24) is 9.97 Å². The smallest absolute Gasteiger partial charge is 0.163 e. The average Bonchev–Trinajstić information content (AvgIpc) is 2.30. The number of phenols is 1. The summed E-state index contributed by atoms with van der Waals surface area (Å²) in [5, 5.41) is 13.0. The summed E-state index contributed by atoms with van der Waals surface area (Å²) in [6.45, 7) is 0. The topological polar surface area (TPSA) is 94.8 Å². The van der Waals surface area contributed by atoms with Gasteiger partial charge in [0.2, 0.25) is 0 Å². The molecule has 0 saturated carbocycles. The SMILES string of the molecule is [N-]=[N+]=Nc1ccnc(-c2ccccc2O)n1. The van der Waals surface area contributed by atoms with Gasteiger partial charge in [0.1, 0.15) is 11.6 Å². The first-order valence-electron chi connectivity index (χ1n) is 4.48. The molecule has 78 valence electrons. The van der Waals surface area contributed by atoms with E-state index in [0.717, 1.165) is 0 Å². The molecule has 1 aromatic carbocycles. The van der Waals surface area contributed by atoms with E-state index in [2.05, 4.69) is 20.0 Å². The summed E-state index contributed by atoms with van der Waals surface area (Å²) in [4.78, 5) is 10.6. The predicted molar refractivity (Wildman–Crippen MR) is 57.9 cm³/mol. The number of hydrogen-bond donors (Lipinski definition) is 1. The van der Waals surface area contributed by atoms with Crippen LogP contribution < -0.4 is 0 Å². The highest BCUT2D eigenvalue weighted by Gasteiger charge is 2.06. The van der Waals surface area contributed by atoms with Crippen molar-refractivity contribution in [2.45, 2.75) is 0 Å². The minimum absolute atomic E-state index is 0.0839. The Bertz CT molecular complexity index is 563. The first-order chi connectivity index (χ1) is 7.81. The number of aromatic nitrogens is 2. The number of azide groups is 1. The fourth-order valence-corrected chi connectivity index (χ4v) is 1.24. The van der Waals surface area contributed by atoms with Crippen molar-refractivity contribution in [2.24, 2.45) is 5.11 Å². The second-order valence-corrected chi connectivity index (χ2v) is 2.95. The summed E-state index contributed by atoms with van der Waals surface area (Å²) in [7, 11) is 0. The zero-order chi connectivity index (χ0) is 11.4. The minimum atomic E-state index is 0.0839. The molecule has 2 aromatic rings. The quantitative estimate of drug-likeness (QED) is 0.472. The van der Waals surface area contributed by atoms with E-state index in [1.165, 1.54) is 12.3 Å². The van der Waals surface area contributed by atoms with Crippen LogP contribution in [-0.4, -0.2) is 15.1 Å². The van der Waals surface area contributed by atoms with Gasteiger partial charge in [0, 0.05) is 11.1 Å². The standard InChI is InChI=1S/C10H7N5O/c11-15-14-9-5-6-12-10(13-9)7-3-1-2-4-8(7)16/h1-6,16H. The fraction of sp³-hybridized carbons (Fsp3) is 0. The van der Waals surface area contributed by atoms with Gasteiger partial charge in [-0.1, -0.05) is 12.1 Å². The molecule has 0 radical (unpaired) electrons. The van der Waals surface area contributed by atoms with E-state index in [0.29, 0.717) is 11.4 Å². The van der Waals surface area contributed by atoms with Crippen LogP contribution in [0.5, 0.6) is 5.75 Å². The van der Waals surface area contributed by atoms with Crippen LogP contribution in [0, 0.1) is 0 Å². The third-order valence-electron chi connectivity index (χ3n) is 1.93. The maximum atomic E-state index is 9.60. The maximum absolute atomic E-state index is 9.60. The van der Waals surface area contributed by atoms with Crippen LogP contribution in [0.25, 0.3) is 21.8 Å². The van der Waals surface area contributed by atoms with Crippen molar-refractivity contribution in [2.75, 3.05) is 0 Å². The van der Waals surface area contributed by atoms with Crippen LogP contribution in [0.2, 0.25) is 0 Å². The van der Waals surface area contributed by atoms with Gasteiger partial charge in [0.15, 0.2) is 5.82 Å². The number of hydrogen-bond acceptors (Lipinski definition) is 4. The third kappa shape index (κ3) is 1.92. The predicted octanol–water partition coefficient (Wildman–Crippen LogP) is 2.79. The van der Waals surface area contributed by atoms with Crippen molar-refractivity contribution < 1.29 is 5.11 Å². The molecule has 0 amide bonds. The van der Waals surface area contributed by atoms with Gasteiger partial charge < -0.3 is 5.11 Å². The highest BCUT2D eigenvalue weighted by molar-refractivity contribution is 5.63. The lowest BCUT2D eigenvalue weighted by atomic mass is 10.2. The number of phenolic OH excluding ortho intramolecular Hbond substituents is 1. The Hall–Kier alpha value is -2.59. The largest absolute Gasteiger partial charge is 0.507 e. The highest BCUT2D eigenvalue weighted by atomic mass is 16.3. The van der Waals surface area contributed by atoms with Crippen LogP contribution in [-0.2, 0) is 0 Å². The van der Waals surface area contributed by atoms with Crippen LogP contribution >= 0.6 is 0 Å². The van der Waals surface area contributed by atoms with Crippen molar-refractivity contribution in [3.8, 4) is 17.1 Å². The van der Waals surface area contributed by atoms with Gasteiger partial charge in [0.05, 0.1) is 5.56 Å². The molecule has 0 bridgehead atoms. The normalized spacial score (nSPS) is 9.50. The average molecular weight is 213 g/mol. The summed E-state index contributed by atoms with van der Waals surface area (Å²) in [5.74, 6) is 0.624. The first kappa shape index (κ1) is 9.95. The molecule has 6 heteroatoms. The lowest BCUT2D eigenvalue weighted by molar-refractivity contribution is 0.477. The zero-order valence-corrected chi connectivity index (χ0v) is 8.15. The van der Waals surface area contributed by atoms with E-state index in [1.807, 2.05) is 0 Å². The molecule has 0 fully saturated rings. The third-order valence-corrected chi connectivity index (χ3v) is 1.93. The van der Waals surface area contributed by atoms with Gasteiger partial charge in [-0.15, -0.1) is 0 Å². The van der Waals surface area contributed by atoms with Crippen molar-refractivity contribution >= 4 is 5.82 Å². The second-order valence-electron chi connectivity index (χ2n) is 2.95. The van der Waals surface area contributed by atoms with Crippen LogP contribution in [0.1, 0.15) is 0 Å². The molecule has 0 spiro atoms. The van der Waals surface area contributed by atoms with Gasteiger partial charge in [-0.2, -0.15) is 0 Å². The molecular weight excluding hydrogens is 206 g/mol.